The molecule has 1 amide bonds. The number of aromatic nitrogens is 2. The van der Waals surface area contributed by atoms with Gasteiger partial charge < -0.3 is 5.32 Å². The van der Waals surface area contributed by atoms with Crippen molar-refractivity contribution >= 4 is 33.2 Å². The van der Waals surface area contributed by atoms with Gasteiger partial charge in [0.1, 0.15) is 4.88 Å². The number of carbonyl (C=O) groups is 1. The van der Waals surface area contributed by atoms with Crippen LogP contribution in [0.15, 0.2) is 53.3 Å². The second-order valence-corrected chi connectivity index (χ2v) is 7.72. The lowest BCUT2D eigenvalue weighted by atomic mass is 10.1. The van der Waals surface area contributed by atoms with Crippen molar-refractivity contribution in [2.75, 3.05) is 0 Å². The van der Waals surface area contributed by atoms with E-state index in [0.29, 0.717) is 9.84 Å². The molecule has 0 radical (unpaired) electrons. The van der Waals surface area contributed by atoms with Crippen molar-refractivity contribution in [2.24, 2.45) is 0 Å². The molecule has 0 aliphatic carbocycles. The highest BCUT2D eigenvalue weighted by atomic mass is 32.1. The standard InChI is InChI=1S/C21H19N3O2S/c1-12-9-16-17(10-13(12)2)24-19(25)11-18(27-21(24)23-16)20(26)22-14(3)15-7-5-4-6-8-15/h4-11,14H,1-3H3,(H,22,26)/t14-/m1/s1. The Hall–Kier alpha value is -2.99. The highest BCUT2D eigenvalue weighted by molar-refractivity contribution is 7.18. The first-order valence-electron chi connectivity index (χ1n) is 8.73. The third-order valence-electron chi connectivity index (χ3n) is 4.79. The number of hydrogen-bond acceptors (Lipinski definition) is 4. The van der Waals surface area contributed by atoms with Crippen LogP contribution >= 0.6 is 11.3 Å². The highest BCUT2D eigenvalue weighted by Gasteiger charge is 2.16. The molecular weight excluding hydrogens is 358 g/mol. The van der Waals surface area contributed by atoms with Gasteiger partial charge in [0.15, 0.2) is 4.96 Å². The number of nitrogens with zero attached hydrogens (tertiary/aromatic N) is 2. The lowest BCUT2D eigenvalue weighted by Gasteiger charge is -2.13. The van der Waals surface area contributed by atoms with Crippen molar-refractivity contribution in [3.05, 3.63) is 80.5 Å². The summed E-state index contributed by atoms with van der Waals surface area (Å²) in [6.07, 6.45) is 0. The van der Waals surface area contributed by atoms with E-state index in [0.717, 1.165) is 27.7 Å². The fourth-order valence-corrected chi connectivity index (χ4v) is 4.03. The average molecular weight is 377 g/mol. The number of rotatable bonds is 3. The summed E-state index contributed by atoms with van der Waals surface area (Å²) in [7, 11) is 0. The molecule has 136 valence electrons. The van der Waals surface area contributed by atoms with Crippen LogP contribution in [-0.2, 0) is 0 Å². The highest BCUT2D eigenvalue weighted by Crippen LogP contribution is 2.23. The van der Waals surface area contributed by atoms with Crippen LogP contribution in [0, 0.1) is 13.8 Å². The summed E-state index contributed by atoms with van der Waals surface area (Å²) in [5.41, 5.74) is 4.54. The lowest BCUT2D eigenvalue weighted by molar-refractivity contribution is 0.0943. The predicted molar refractivity (Wildman–Crippen MR) is 109 cm³/mol. The van der Waals surface area contributed by atoms with Crippen molar-refractivity contribution in [1.82, 2.24) is 14.7 Å². The van der Waals surface area contributed by atoms with E-state index in [2.05, 4.69) is 10.3 Å². The summed E-state index contributed by atoms with van der Waals surface area (Å²) in [6, 6.07) is 14.9. The molecule has 1 N–H and O–H groups in total. The fraction of sp³-hybridized carbons (Fsp3) is 0.190. The molecule has 0 fully saturated rings. The Morgan fingerprint density at radius 3 is 2.56 bits per heavy atom. The largest absolute Gasteiger partial charge is 0.345 e. The molecule has 2 aromatic heterocycles. The van der Waals surface area contributed by atoms with Crippen LogP contribution in [0.4, 0.5) is 0 Å². The molecule has 2 aromatic carbocycles. The van der Waals surface area contributed by atoms with Gasteiger partial charge in [-0.15, -0.1) is 0 Å². The Bertz CT molecular complexity index is 1230. The fourth-order valence-electron chi connectivity index (χ4n) is 3.10. The van der Waals surface area contributed by atoms with Crippen LogP contribution in [0.1, 0.15) is 39.3 Å². The number of imidazole rings is 1. The molecular formula is C21H19N3O2S. The van der Waals surface area contributed by atoms with Crippen molar-refractivity contribution in [3.63, 3.8) is 0 Å². The molecule has 1 atom stereocenters. The maximum Gasteiger partial charge on any atom is 0.262 e. The minimum atomic E-state index is -0.268. The molecule has 2 heterocycles. The van der Waals surface area contributed by atoms with Crippen molar-refractivity contribution in [3.8, 4) is 0 Å². The van der Waals surface area contributed by atoms with Gasteiger partial charge in [-0.2, -0.15) is 0 Å². The normalized spacial score (nSPS) is 12.4. The third kappa shape index (κ3) is 3.13. The van der Waals surface area contributed by atoms with Crippen molar-refractivity contribution in [2.45, 2.75) is 26.8 Å². The predicted octanol–water partition coefficient (Wildman–Crippen LogP) is 4.02. The molecule has 0 aliphatic heterocycles. The van der Waals surface area contributed by atoms with Gasteiger partial charge >= 0.3 is 0 Å². The summed E-state index contributed by atoms with van der Waals surface area (Å²) in [4.78, 5) is 30.8. The van der Waals surface area contributed by atoms with Gasteiger partial charge in [0.05, 0.1) is 17.1 Å². The van der Waals surface area contributed by atoms with Crippen molar-refractivity contribution < 1.29 is 4.79 Å². The minimum absolute atomic E-state index is 0.152. The number of amides is 1. The molecule has 4 aromatic rings. The van der Waals surface area contributed by atoms with E-state index in [1.165, 1.54) is 17.4 Å². The van der Waals surface area contributed by atoms with Crippen LogP contribution in [0.25, 0.3) is 16.0 Å². The zero-order valence-corrected chi connectivity index (χ0v) is 16.1. The summed E-state index contributed by atoms with van der Waals surface area (Å²) in [5.74, 6) is -0.268. The maximum atomic E-state index is 12.7. The SMILES string of the molecule is Cc1cc2nc3sc(C(=O)N[C@H](C)c4ccccc4)cc(=O)n3c2cc1C. The van der Waals surface area contributed by atoms with Crippen LogP contribution in [0.2, 0.25) is 0 Å². The van der Waals surface area contributed by atoms with Gasteiger partial charge in [0, 0.05) is 6.07 Å². The Morgan fingerprint density at radius 2 is 1.81 bits per heavy atom. The number of fused-ring (bicyclic) bond motifs is 3. The van der Waals surface area contributed by atoms with E-state index < -0.39 is 0 Å². The average Bonchev–Trinajstić information content (AvgIpc) is 3.00. The zero-order valence-electron chi connectivity index (χ0n) is 15.3. The summed E-state index contributed by atoms with van der Waals surface area (Å²) in [5, 5.41) is 2.95. The van der Waals surface area contributed by atoms with E-state index in [4.69, 9.17) is 0 Å². The Morgan fingerprint density at radius 1 is 1.11 bits per heavy atom. The molecule has 0 unspecified atom stereocenters. The summed E-state index contributed by atoms with van der Waals surface area (Å²) in [6.45, 7) is 5.95. The van der Waals surface area contributed by atoms with E-state index in [1.54, 1.807) is 4.40 Å². The van der Waals surface area contributed by atoms with Crippen LogP contribution in [0.3, 0.4) is 0 Å². The summed E-state index contributed by atoms with van der Waals surface area (Å²) >= 11 is 1.22. The Labute approximate surface area is 160 Å². The van der Waals surface area contributed by atoms with Crippen molar-refractivity contribution in [1.29, 1.82) is 0 Å². The van der Waals surface area contributed by atoms with E-state index >= 15 is 0 Å². The molecule has 0 saturated heterocycles. The van der Waals surface area contributed by atoms with Gasteiger partial charge in [-0.05, 0) is 49.6 Å². The zero-order chi connectivity index (χ0) is 19.1. The Balaban J connectivity index is 1.73. The minimum Gasteiger partial charge on any atom is -0.345 e. The molecule has 0 saturated carbocycles. The Kier molecular flexibility index (Phi) is 4.28. The number of nitrogens with one attached hydrogen (secondary N) is 1. The molecule has 0 bridgehead atoms. The van der Waals surface area contributed by atoms with Gasteiger partial charge in [-0.25, -0.2) is 4.98 Å². The second-order valence-electron chi connectivity index (χ2n) is 6.71. The van der Waals surface area contributed by atoms with Crippen LogP contribution < -0.4 is 10.9 Å². The van der Waals surface area contributed by atoms with Gasteiger partial charge in [0.25, 0.3) is 11.5 Å². The second kappa shape index (κ2) is 6.63. The molecule has 0 spiro atoms. The molecule has 0 aliphatic rings. The first-order chi connectivity index (χ1) is 12.9. The molecule has 4 rings (SSSR count). The van der Waals surface area contributed by atoms with Gasteiger partial charge in [-0.1, -0.05) is 41.7 Å². The monoisotopic (exact) mass is 377 g/mol. The number of benzene rings is 2. The van der Waals surface area contributed by atoms with E-state index in [9.17, 15) is 9.59 Å². The lowest BCUT2D eigenvalue weighted by Crippen LogP contribution is -2.27. The first-order valence-corrected chi connectivity index (χ1v) is 9.55. The van der Waals surface area contributed by atoms with E-state index in [1.807, 2.05) is 63.2 Å². The molecule has 27 heavy (non-hydrogen) atoms. The van der Waals surface area contributed by atoms with Gasteiger partial charge in [-0.3, -0.25) is 14.0 Å². The number of hydrogen-bond donors (Lipinski definition) is 1. The number of carbonyl (C=O) groups excluding carboxylic acids is 1. The molecule has 5 nitrogen and oxygen atoms in total. The van der Waals surface area contributed by atoms with E-state index in [-0.39, 0.29) is 17.5 Å². The maximum absolute atomic E-state index is 12.7. The van der Waals surface area contributed by atoms with Crippen LogP contribution in [0.5, 0.6) is 0 Å². The van der Waals surface area contributed by atoms with Gasteiger partial charge in [0.2, 0.25) is 0 Å². The quantitative estimate of drug-likeness (QED) is 0.587. The third-order valence-corrected chi connectivity index (χ3v) is 5.77. The summed E-state index contributed by atoms with van der Waals surface area (Å²) < 4.78 is 1.57. The number of aryl methyl sites for hydroxylation is 2. The smallest absolute Gasteiger partial charge is 0.262 e. The van der Waals surface area contributed by atoms with Crippen LogP contribution in [-0.4, -0.2) is 15.3 Å². The molecule has 6 heteroatoms. The topological polar surface area (TPSA) is 63.5 Å². The first kappa shape index (κ1) is 17.4.